The minimum Gasteiger partial charge on any atom is -0.497 e. The molecule has 0 N–H and O–H groups in total. The summed E-state index contributed by atoms with van der Waals surface area (Å²) in [6.07, 6.45) is 1.62. The molecule has 0 aliphatic carbocycles. The van der Waals surface area contributed by atoms with Gasteiger partial charge in [-0.3, -0.25) is 4.79 Å². The van der Waals surface area contributed by atoms with Crippen molar-refractivity contribution < 1.29 is 19.1 Å². The molecule has 0 spiro atoms. The molecule has 0 unspecified atom stereocenters. The van der Waals surface area contributed by atoms with Crippen molar-refractivity contribution in [3.8, 4) is 11.4 Å². The van der Waals surface area contributed by atoms with Crippen molar-refractivity contribution in [3.05, 3.63) is 89.0 Å². The fourth-order valence-corrected chi connectivity index (χ4v) is 3.82. The predicted molar refractivity (Wildman–Crippen MR) is 130 cm³/mol. The molecule has 4 aromatic rings. The van der Waals surface area contributed by atoms with Crippen LogP contribution in [0.1, 0.15) is 33.1 Å². The largest absolute Gasteiger partial charge is 0.497 e. The van der Waals surface area contributed by atoms with Gasteiger partial charge in [-0.05, 0) is 73.2 Å². The Kier molecular flexibility index (Phi) is 6.86. The molecule has 0 radical (unpaired) electrons. The normalized spacial score (nSPS) is 11.4. The zero-order valence-corrected chi connectivity index (χ0v) is 19.9. The molecule has 2 heterocycles. The molecule has 0 aliphatic heterocycles. The molecule has 9 heteroatoms. The second-order valence-corrected chi connectivity index (χ2v) is 7.90. The first-order chi connectivity index (χ1) is 16.9. The number of benzene rings is 2. The third-order valence-corrected chi connectivity index (χ3v) is 5.56. The number of aromatic nitrogens is 5. The second-order valence-electron chi connectivity index (χ2n) is 7.90. The number of carbonyl (C=O) groups is 2. The van der Waals surface area contributed by atoms with Gasteiger partial charge in [0.1, 0.15) is 5.75 Å². The highest BCUT2D eigenvalue weighted by Crippen LogP contribution is 2.23. The van der Waals surface area contributed by atoms with Crippen molar-refractivity contribution in [2.24, 2.45) is 0 Å². The fraction of sp³-hybridized carbons (Fsp3) is 0.192. The summed E-state index contributed by atoms with van der Waals surface area (Å²) < 4.78 is 13.9. The molecule has 0 saturated heterocycles. The summed E-state index contributed by atoms with van der Waals surface area (Å²) >= 11 is 0. The number of carbonyl (C=O) groups excluding carboxylic acids is 2. The summed E-state index contributed by atoms with van der Waals surface area (Å²) in [7, 11) is 1.61. The van der Waals surface area contributed by atoms with Crippen LogP contribution in [0.2, 0.25) is 0 Å². The third-order valence-electron chi connectivity index (χ3n) is 5.56. The average Bonchev–Trinajstić information content (AvgIpc) is 3.43. The SMILES string of the molecule is COc1ccc(-n2c(C)cc(C(=O)COC(=O)C(=Cc3ccccc3)n3nnnc3C)c2C)cc1. The van der Waals surface area contributed by atoms with Gasteiger partial charge < -0.3 is 14.0 Å². The standard InChI is InChI=1S/C26H25N5O4/c1-17-14-23(18(2)30(17)21-10-12-22(34-4)13-11-21)25(32)16-35-26(33)24(31-19(3)27-28-29-31)15-20-8-6-5-7-9-20/h5-15H,16H2,1-4H3. The lowest BCUT2D eigenvalue weighted by Crippen LogP contribution is -2.19. The van der Waals surface area contributed by atoms with E-state index < -0.39 is 12.6 Å². The summed E-state index contributed by atoms with van der Waals surface area (Å²) in [5.41, 5.74) is 3.90. The van der Waals surface area contributed by atoms with Crippen molar-refractivity contribution in [2.45, 2.75) is 20.8 Å². The van der Waals surface area contributed by atoms with Crippen LogP contribution in [-0.2, 0) is 9.53 Å². The van der Waals surface area contributed by atoms with Crippen LogP contribution in [0.4, 0.5) is 0 Å². The second kappa shape index (κ2) is 10.2. The molecule has 2 aromatic carbocycles. The topological polar surface area (TPSA) is 101 Å². The van der Waals surface area contributed by atoms with E-state index in [2.05, 4.69) is 15.5 Å². The van der Waals surface area contributed by atoms with Gasteiger partial charge in [-0.1, -0.05) is 30.3 Å². The monoisotopic (exact) mass is 471 g/mol. The molecule has 9 nitrogen and oxygen atoms in total. The number of esters is 1. The Labute approximate surface area is 202 Å². The lowest BCUT2D eigenvalue weighted by molar-refractivity contribution is -0.136. The Balaban J connectivity index is 1.55. The van der Waals surface area contributed by atoms with Crippen molar-refractivity contribution in [3.63, 3.8) is 0 Å². The van der Waals surface area contributed by atoms with E-state index >= 15 is 0 Å². The number of methoxy groups -OCH3 is 1. The molecule has 2 aromatic heterocycles. The molecule has 0 aliphatic rings. The molecule has 0 amide bonds. The first-order valence-corrected chi connectivity index (χ1v) is 10.9. The van der Waals surface area contributed by atoms with Crippen LogP contribution >= 0.6 is 0 Å². The lowest BCUT2D eigenvalue weighted by atomic mass is 10.1. The number of tetrazole rings is 1. The van der Waals surface area contributed by atoms with E-state index in [9.17, 15) is 9.59 Å². The van der Waals surface area contributed by atoms with Crippen molar-refractivity contribution >= 4 is 23.5 Å². The Morgan fingerprint density at radius 1 is 1.00 bits per heavy atom. The maximum atomic E-state index is 13.0. The van der Waals surface area contributed by atoms with Gasteiger partial charge in [0.05, 0.1) is 7.11 Å². The Morgan fingerprint density at radius 2 is 1.71 bits per heavy atom. The molecular weight excluding hydrogens is 446 g/mol. The first-order valence-electron chi connectivity index (χ1n) is 10.9. The number of ether oxygens (including phenoxy) is 2. The summed E-state index contributed by atoms with van der Waals surface area (Å²) in [6.45, 7) is 5.03. The van der Waals surface area contributed by atoms with E-state index in [4.69, 9.17) is 9.47 Å². The maximum absolute atomic E-state index is 13.0. The molecule has 178 valence electrons. The van der Waals surface area contributed by atoms with Crippen molar-refractivity contribution in [2.75, 3.05) is 13.7 Å². The van der Waals surface area contributed by atoms with Gasteiger partial charge in [0, 0.05) is 22.6 Å². The van der Waals surface area contributed by atoms with Gasteiger partial charge in [-0.2, -0.15) is 4.68 Å². The number of hydrogen-bond donors (Lipinski definition) is 0. The van der Waals surface area contributed by atoms with Gasteiger partial charge in [0.2, 0.25) is 5.78 Å². The maximum Gasteiger partial charge on any atom is 0.357 e. The smallest absolute Gasteiger partial charge is 0.357 e. The highest BCUT2D eigenvalue weighted by atomic mass is 16.5. The number of Topliss-reactive ketones (excluding diaryl/α,β-unsaturated/α-hetero) is 1. The van der Waals surface area contributed by atoms with Crippen LogP contribution < -0.4 is 4.74 Å². The number of nitrogens with zero attached hydrogens (tertiary/aromatic N) is 5. The van der Waals surface area contributed by atoms with E-state index in [-0.39, 0.29) is 11.5 Å². The first kappa shape index (κ1) is 23.6. The highest BCUT2D eigenvalue weighted by Gasteiger charge is 2.22. The van der Waals surface area contributed by atoms with E-state index in [1.807, 2.05) is 73.0 Å². The molecule has 35 heavy (non-hydrogen) atoms. The zero-order valence-electron chi connectivity index (χ0n) is 19.9. The lowest BCUT2D eigenvalue weighted by Gasteiger charge is -2.11. The zero-order chi connectivity index (χ0) is 24.9. The van der Waals surface area contributed by atoms with E-state index in [1.165, 1.54) is 4.68 Å². The Morgan fingerprint density at radius 3 is 2.34 bits per heavy atom. The number of ketones is 1. The summed E-state index contributed by atoms with van der Waals surface area (Å²) in [6, 6.07) is 18.6. The van der Waals surface area contributed by atoms with Gasteiger partial charge in [-0.25, -0.2) is 4.79 Å². The van der Waals surface area contributed by atoms with E-state index in [0.29, 0.717) is 11.4 Å². The molecular formula is C26H25N5O4. The quantitative estimate of drug-likeness (QED) is 0.219. The van der Waals surface area contributed by atoms with Crippen LogP contribution in [0.5, 0.6) is 5.75 Å². The van der Waals surface area contributed by atoms with Crippen molar-refractivity contribution in [1.82, 2.24) is 24.8 Å². The number of hydrogen-bond acceptors (Lipinski definition) is 7. The molecule has 0 saturated carbocycles. The van der Waals surface area contributed by atoms with Crippen molar-refractivity contribution in [1.29, 1.82) is 0 Å². The van der Waals surface area contributed by atoms with Gasteiger partial charge in [0.15, 0.2) is 18.1 Å². The number of aryl methyl sites for hydroxylation is 2. The van der Waals surface area contributed by atoms with E-state index in [0.717, 1.165) is 28.4 Å². The van der Waals surface area contributed by atoms with Crippen LogP contribution in [0, 0.1) is 20.8 Å². The molecule has 0 atom stereocenters. The van der Waals surface area contributed by atoms with Crippen LogP contribution in [-0.4, -0.2) is 50.2 Å². The minimum absolute atomic E-state index is 0.107. The molecule has 4 rings (SSSR count). The Bertz CT molecular complexity index is 1390. The van der Waals surface area contributed by atoms with E-state index in [1.54, 1.807) is 26.2 Å². The van der Waals surface area contributed by atoms with Crippen LogP contribution in [0.15, 0.2) is 60.7 Å². The predicted octanol–water partition coefficient (Wildman–Crippen LogP) is 3.82. The summed E-state index contributed by atoms with van der Waals surface area (Å²) in [5, 5.41) is 11.3. The molecule has 0 fully saturated rings. The summed E-state index contributed by atoms with van der Waals surface area (Å²) in [5.74, 6) is 0.148. The van der Waals surface area contributed by atoms with Crippen LogP contribution in [0.3, 0.4) is 0 Å². The Hall–Kier alpha value is -4.53. The third kappa shape index (κ3) is 5.03. The van der Waals surface area contributed by atoms with Gasteiger partial charge in [0.25, 0.3) is 0 Å². The van der Waals surface area contributed by atoms with Crippen LogP contribution in [0.25, 0.3) is 17.5 Å². The average molecular weight is 472 g/mol. The summed E-state index contributed by atoms with van der Waals surface area (Å²) in [4.78, 5) is 26.0. The molecule has 0 bridgehead atoms. The van der Waals surface area contributed by atoms with Gasteiger partial charge >= 0.3 is 5.97 Å². The highest BCUT2D eigenvalue weighted by molar-refractivity contribution is 6.16. The minimum atomic E-state index is -0.707. The van der Waals surface area contributed by atoms with Gasteiger partial charge in [-0.15, -0.1) is 5.10 Å². The number of rotatable bonds is 8. The fourth-order valence-electron chi connectivity index (χ4n) is 3.82.